The molecular weight excluding hydrogens is 156 g/mol. The Labute approximate surface area is 71.1 Å². The Balaban J connectivity index is 2.91. The van der Waals surface area contributed by atoms with Crippen LogP contribution in [0.4, 0.5) is 0 Å². The van der Waals surface area contributed by atoms with Crippen molar-refractivity contribution in [1.82, 2.24) is 9.13 Å². The number of aryl methyl sites for hydroxylation is 1. The fourth-order valence-electron chi connectivity index (χ4n) is 1.05. The molecular formula is C8H14N2O2. The molecule has 4 heteroatoms. The van der Waals surface area contributed by atoms with E-state index in [1.807, 2.05) is 0 Å². The second-order valence-corrected chi connectivity index (χ2v) is 3.63. The third-order valence-electron chi connectivity index (χ3n) is 1.57. The molecule has 1 aromatic heterocycles. The summed E-state index contributed by atoms with van der Waals surface area (Å²) in [4.78, 5) is 11.3. The van der Waals surface area contributed by atoms with Gasteiger partial charge in [0.2, 0.25) is 0 Å². The Morgan fingerprint density at radius 3 is 2.42 bits per heavy atom. The molecule has 0 aromatic carbocycles. The van der Waals surface area contributed by atoms with Crippen LogP contribution < -0.4 is 5.69 Å². The summed E-state index contributed by atoms with van der Waals surface area (Å²) < 4.78 is 2.96. The molecule has 1 heterocycles. The molecule has 0 atom stereocenters. The summed E-state index contributed by atoms with van der Waals surface area (Å²) in [5.41, 5.74) is -0.942. The molecule has 0 amide bonds. The summed E-state index contributed by atoms with van der Waals surface area (Å²) in [5.74, 6) is 0. The summed E-state index contributed by atoms with van der Waals surface area (Å²) in [6.45, 7) is 3.67. The molecule has 0 saturated carbocycles. The van der Waals surface area contributed by atoms with Crippen molar-refractivity contribution in [2.75, 3.05) is 0 Å². The van der Waals surface area contributed by atoms with Crippen molar-refractivity contribution < 1.29 is 5.11 Å². The highest BCUT2D eigenvalue weighted by Crippen LogP contribution is 2.02. The number of aromatic nitrogens is 2. The summed E-state index contributed by atoms with van der Waals surface area (Å²) in [5, 5.41) is 9.44. The quantitative estimate of drug-likeness (QED) is 0.677. The van der Waals surface area contributed by atoms with Crippen LogP contribution in [0.25, 0.3) is 0 Å². The first-order valence-corrected chi connectivity index (χ1v) is 3.84. The van der Waals surface area contributed by atoms with Gasteiger partial charge in [-0.1, -0.05) is 0 Å². The molecule has 4 nitrogen and oxygen atoms in total. The number of nitrogens with zero attached hydrogens (tertiary/aromatic N) is 2. The molecule has 0 aliphatic carbocycles. The van der Waals surface area contributed by atoms with Gasteiger partial charge in [-0.05, 0) is 13.8 Å². The van der Waals surface area contributed by atoms with Crippen LogP contribution in [-0.2, 0) is 13.6 Å². The standard InChI is InChI=1S/C8H14N2O2/c1-8(2,12)6-10-5-4-9(3)7(10)11/h4-5,12H,6H2,1-3H3. The highest BCUT2D eigenvalue weighted by atomic mass is 16.3. The second-order valence-electron chi connectivity index (χ2n) is 3.63. The Morgan fingerprint density at radius 2 is 2.08 bits per heavy atom. The number of imidazole rings is 1. The average Bonchev–Trinajstić information content (AvgIpc) is 2.16. The monoisotopic (exact) mass is 170 g/mol. The molecule has 0 saturated heterocycles. The van der Waals surface area contributed by atoms with Gasteiger partial charge in [-0.25, -0.2) is 4.79 Å². The zero-order valence-electron chi connectivity index (χ0n) is 7.61. The lowest BCUT2D eigenvalue weighted by Gasteiger charge is -2.16. The minimum absolute atomic E-state index is 0.0999. The zero-order valence-corrected chi connectivity index (χ0v) is 7.61. The van der Waals surface area contributed by atoms with E-state index < -0.39 is 5.60 Å². The summed E-state index contributed by atoms with van der Waals surface area (Å²) in [6.07, 6.45) is 3.34. The van der Waals surface area contributed by atoms with Gasteiger partial charge in [0.05, 0.1) is 12.1 Å². The predicted octanol–water partition coefficient (Wildman–Crippen LogP) is -0.0423. The van der Waals surface area contributed by atoms with Crippen LogP contribution in [0.5, 0.6) is 0 Å². The van der Waals surface area contributed by atoms with Crippen molar-refractivity contribution >= 4 is 0 Å². The van der Waals surface area contributed by atoms with Crippen molar-refractivity contribution in [3.8, 4) is 0 Å². The SMILES string of the molecule is Cn1ccn(CC(C)(C)O)c1=O. The van der Waals surface area contributed by atoms with Gasteiger partial charge in [0, 0.05) is 19.4 Å². The van der Waals surface area contributed by atoms with Crippen LogP contribution in [-0.4, -0.2) is 19.8 Å². The third kappa shape index (κ3) is 1.98. The number of hydrogen-bond acceptors (Lipinski definition) is 2. The van der Waals surface area contributed by atoms with Crippen LogP contribution in [0, 0.1) is 0 Å². The van der Waals surface area contributed by atoms with Crippen molar-refractivity contribution in [1.29, 1.82) is 0 Å². The van der Waals surface area contributed by atoms with Crippen LogP contribution >= 0.6 is 0 Å². The van der Waals surface area contributed by atoms with Crippen LogP contribution in [0.3, 0.4) is 0 Å². The van der Waals surface area contributed by atoms with Crippen molar-refractivity contribution in [2.45, 2.75) is 26.0 Å². The average molecular weight is 170 g/mol. The highest BCUT2D eigenvalue weighted by Gasteiger charge is 2.14. The number of rotatable bonds is 2. The zero-order chi connectivity index (χ0) is 9.35. The minimum Gasteiger partial charge on any atom is -0.389 e. The second kappa shape index (κ2) is 2.79. The van der Waals surface area contributed by atoms with E-state index in [-0.39, 0.29) is 5.69 Å². The van der Waals surface area contributed by atoms with E-state index >= 15 is 0 Å². The van der Waals surface area contributed by atoms with E-state index in [2.05, 4.69) is 0 Å². The van der Waals surface area contributed by atoms with Gasteiger partial charge in [-0.15, -0.1) is 0 Å². The Bertz CT molecular complexity index is 317. The van der Waals surface area contributed by atoms with Crippen LogP contribution in [0.15, 0.2) is 17.2 Å². The van der Waals surface area contributed by atoms with Gasteiger partial charge in [-0.2, -0.15) is 0 Å². The van der Waals surface area contributed by atoms with Gasteiger partial charge in [-0.3, -0.25) is 4.57 Å². The van der Waals surface area contributed by atoms with Crippen LogP contribution in [0.2, 0.25) is 0 Å². The van der Waals surface area contributed by atoms with Gasteiger partial charge in [0.15, 0.2) is 0 Å². The summed E-state index contributed by atoms with van der Waals surface area (Å²) >= 11 is 0. The molecule has 0 unspecified atom stereocenters. The van der Waals surface area contributed by atoms with Gasteiger partial charge < -0.3 is 9.67 Å². The number of hydrogen-bond donors (Lipinski definition) is 1. The van der Waals surface area contributed by atoms with Gasteiger partial charge >= 0.3 is 5.69 Å². The van der Waals surface area contributed by atoms with Crippen molar-refractivity contribution in [2.24, 2.45) is 7.05 Å². The third-order valence-corrected chi connectivity index (χ3v) is 1.57. The largest absolute Gasteiger partial charge is 0.389 e. The fraction of sp³-hybridized carbons (Fsp3) is 0.625. The molecule has 1 N–H and O–H groups in total. The molecule has 0 fully saturated rings. The van der Waals surface area contributed by atoms with Crippen molar-refractivity contribution in [3.63, 3.8) is 0 Å². The summed E-state index contributed by atoms with van der Waals surface area (Å²) in [6, 6.07) is 0. The molecule has 1 aromatic rings. The molecule has 0 aliphatic heterocycles. The molecule has 0 radical (unpaired) electrons. The van der Waals surface area contributed by atoms with Crippen molar-refractivity contribution in [3.05, 3.63) is 22.9 Å². The lowest BCUT2D eigenvalue weighted by molar-refractivity contribution is 0.0604. The maximum absolute atomic E-state index is 11.3. The van der Waals surface area contributed by atoms with E-state index in [1.165, 1.54) is 9.13 Å². The van der Waals surface area contributed by atoms with Crippen LogP contribution in [0.1, 0.15) is 13.8 Å². The Morgan fingerprint density at radius 1 is 1.50 bits per heavy atom. The topological polar surface area (TPSA) is 47.2 Å². The molecule has 68 valence electrons. The molecule has 12 heavy (non-hydrogen) atoms. The number of aliphatic hydroxyl groups is 1. The maximum Gasteiger partial charge on any atom is 0.327 e. The first-order valence-electron chi connectivity index (χ1n) is 3.84. The maximum atomic E-state index is 11.3. The van der Waals surface area contributed by atoms with Gasteiger partial charge in [0.1, 0.15) is 0 Å². The minimum atomic E-state index is -0.842. The Kier molecular flexibility index (Phi) is 2.10. The van der Waals surface area contributed by atoms with E-state index in [9.17, 15) is 9.90 Å². The first kappa shape index (κ1) is 9.06. The van der Waals surface area contributed by atoms with Gasteiger partial charge in [0.25, 0.3) is 0 Å². The Hall–Kier alpha value is -1.03. The highest BCUT2D eigenvalue weighted by molar-refractivity contribution is 4.82. The molecule has 0 spiro atoms. The molecule has 1 rings (SSSR count). The van der Waals surface area contributed by atoms with E-state index in [0.29, 0.717) is 6.54 Å². The molecule has 0 aliphatic rings. The van der Waals surface area contributed by atoms with E-state index in [1.54, 1.807) is 33.3 Å². The van der Waals surface area contributed by atoms with E-state index in [0.717, 1.165) is 0 Å². The van der Waals surface area contributed by atoms with E-state index in [4.69, 9.17) is 0 Å². The predicted molar refractivity (Wildman–Crippen MR) is 46.0 cm³/mol. The summed E-state index contributed by atoms with van der Waals surface area (Å²) in [7, 11) is 1.68. The normalized spacial score (nSPS) is 12.0. The lowest BCUT2D eigenvalue weighted by Crippen LogP contribution is -2.32. The fourth-order valence-corrected chi connectivity index (χ4v) is 1.05. The smallest absolute Gasteiger partial charge is 0.327 e. The first-order chi connectivity index (χ1) is 5.40. The lowest BCUT2D eigenvalue weighted by atomic mass is 10.1. The molecule has 0 bridgehead atoms.